The van der Waals surface area contributed by atoms with E-state index in [4.69, 9.17) is 4.74 Å². The zero-order valence-corrected chi connectivity index (χ0v) is 20.1. The molecule has 1 aromatic heterocycles. The summed E-state index contributed by atoms with van der Waals surface area (Å²) in [5.74, 6) is 0.481. The lowest BCUT2D eigenvalue weighted by Gasteiger charge is -2.23. The summed E-state index contributed by atoms with van der Waals surface area (Å²) in [6.45, 7) is 8.84. The van der Waals surface area contributed by atoms with Crippen molar-refractivity contribution in [2.75, 3.05) is 24.5 Å². The van der Waals surface area contributed by atoms with Crippen LogP contribution in [0.2, 0.25) is 0 Å². The topological polar surface area (TPSA) is 75.7 Å². The predicted molar refractivity (Wildman–Crippen MR) is 127 cm³/mol. The van der Waals surface area contributed by atoms with Crippen LogP contribution < -0.4 is 14.4 Å². The van der Waals surface area contributed by atoms with Gasteiger partial charge >= 0.3 is 0 Å². The number of rotatable bonds is 7. The highest BCUT2D eigenvalue weighted by Gasteiger charge is 2.24. The zero-order valence-electron chi connectivity index (χ0n) is 18.4. The van der Waals surface area contributed by atoms with Gasteiger partial charge in [-0.05, 0) is 66.3 Å². The number of hydrogen-bond donors (Lipinski definition) is 1. The molecule has 0 radical (unpaired) electrons. The van der Waals surface area contributed by atoms with Gasteiger partial charge in [-0.3, -0.25) is 9.10 Å². The van der Waals surface area contributed by atoms with E-state index < -0.39 is 10.0 Å². The van der Waals surface area contributed by atoms with Gasteiger partial charge in [0.1, 0.15) is 5.75 Å². The molecule has 0 aliphatic rings. The van der Waals surface area contributed by atoms with Gasteiger partial charge in [-0.25, -0.2) is 8.42 Å². The van der Waals surface area contributed by atoms with E-state index in [1.807, 2.05) is 18.2 Å². The molecule has 0 bridgehead atoms. The van der Waals surface area contributed by atoms with Gasteiger partial charge in [-0.2, -0.15) is 0 Å². The van der Waals surface area contributed by atoms with Crippen LogP contribution in [0.3, 0.4) is 0 Å². The summed E-state index contributed by atoms with van der Waals surface area (Å²) in [5.41, 5.74) is 0.557. The highest BCUT2D eigenvalue weighted by Crippen LogP contribution is 2.32. The lowest BCUT2D eigenvalue weighted by Crippen LogP contribution is -2.31. The second-order valence-corrected chi connectivity index (χ2v) is 11.4. The molecule has 0 spiro atoms. The van der Waals surface area contributed by atoms with Crippen LogP contribution in [0.5, 0.6) is 5.75 Å². The number of ether oxygens (including phenoxy) is 1. The molecule has 0 unspecified atom stereocenters. The number of nitrogens with zero attached hydrogens (tertiary/aromatic N) is 1. The quantitative estimate of drug-likeness (QED) is 0.544. The van der Waals surface area contributed by atoms with Crippen molar-refractivity contribution in [3.8, 4) is 5.75 Å². The van der Waals surface area contributed by atoms with Crippen LogP contribution in [0.4, 0.5) is 5.69 Å². The Balaban J connectivity index is 1.90. The van der Waals surface area contributed by atoms with E-state index in [9.17, 15) is 13.2 Å². The maximum absolute atomic E-state index is 13.2. The summed E-state index contributed by atoms with van der Waals surface area (Å²) in [7, 11) is -2.19. The molecule has 0 saturated heterocycles. The maximum atomic E-state index is 13.2. The molecular weight excluding hydrogens is 432 g/mol. The van der Waals surface area contributed by atoms with E-state index in [-0.39, 0.29) is 22.8 Å². The highest BCUT2D eigenvalue weighted by atomic mass is 32.2. The van der Waals surface area contributed by atoms with Crippen molar-refractivity contribution in [3.05, 3.63) is 53.4 Å². The van der Waals surface area contributed by atoms with Gasteiger partial charge in [0.2, 0.25) is 0 Å². The number of sulfonamides is 1. The van der Waals surface area contributed by atoms with Crippen LogP contribution in [0, 0.1) is 5.41 Å². The number of hydrogen-bond acceptors (Lipinski definition) is 5. The number of carbonyl (C=O) groups is 1. The number of benzene rings is 2. The third-order valence-electron chi connectivity index (χ3n) is 4.73. The largest absolute Gasteiger partial charge is 0.497 e. The lowest BCUT2D eigenvalue weighted by atomic mass is 9.97. The average molecular weight is 461 g/mol. The van der Waals surface area contributed by atoms with E-state index in [0.29, 0.717) is 22.9 Å². The second-order valence-electron chi connectivity index (χ2n) is 8.42. The Morgan fingerprint density at radius 3 is 2.35 bits per heavy atom. The van der Waals surface area contributed by atoms with Gasteiger partial charge < -0.3 is 10.1 Å². The normalized spacial score (nSPS) is 12.0. The van der Waals surface area contributed by atoms with Crippen molar-refractivity contribution < 1.29 is 17.9 Å². The highest BCUT2D eigenvalue weighted by molar-refractivity contribution is 7.92. The zero-order chi connectivity index (χ0) is 22.8. The summed E-state index contributed by atoms with van der Waals surface area (Å²) >= 11 is 1.40. The molecule has 0 aliphatic carbocycles. The summed E-state index contributed by atoms with van der Waals surface area (Å²) < 4.78 is 33.8. The van der Waals surface area contributed by atoms with Crippen LogP contribution in [0.15, 0.2) is 53.4 Å². The Hall–Kier alpha value is -2.58. The molecule has 8 heteroatoms. The van der Waals surface area contributed by atoms with E-state index in [0.717, 1.165) is 10.1 Å². The molecule has 1 amide bonds. The molecule has 166 valence electrons. The first-order valence-electron chi connectivity index (χ1n) is 10.0. The molecule has 1 N–H and O–H groups in total. The Labute approximate surface area is 187 Å². The first-order valence-corrected chi connectivity index (χ1v) is 12.3. The van der Waals surface area contributed by atoms with E-state index in [1.165, 1.54) is 34.9 Å². The number of carbonyl (C=O) groups excluding carboxylic acids is 1. The van der Waals surface area contributed by atoms with Crippen LogP contribution in [-0.4, -0.2) is 34.5 Å². The molecule has 0 aliphatic heterocycles. The third-order valence-corrected chi connectivity index (χ3v) is 7.76. The van der Waals surface area contributed by atoms with Gasteiger partial charge in [-0.15, -0.1) is 11.3 Å². The predicted octanol–water partition coefficient (Wildman–Crippen LogP) is 4.90. The summed E-state index contributed by atoms with van der Waals surface area (Å²) in [6, 6.07) is 13.6. The summed E-state index contributed by atoms with van der Waals surface area (Å²) in [4.78, 5) is 13.3. The molecule has 1 heterocycles. The summed E-state index contributed by atoms with van der Waals surface area (Å²) in [6.07, 6.45) is 0. The van der Waals surface area contributed by atoms with Crippen molar-refractivity contribution in [3.63, 3.8) is 0 Å². The van der Waals surface area contributed by atoms with Crippen molar-refractivity contribution in [2.24, 2.45) is 5.41 Å². The third kappa shape index (κ3) is 5.19. The van der Waals surface area contributed by atoms with Crippen LogP contribution >= 0.6 is 11.3 Å². The molecule has 31 heavy (non-hydrogen) atoms. The number of fused-ring (bicyclic) bond motifs is 1. The van der Waals surface area contributed by atoms with Crippen molar-refractivity contribution in [1.29, 1.82) is 0 Å². The van der Waals surface area contributed by atoms with Crippen LogP contribution in [0.25, 0.3) is 10.1 Å². The van der Waals surface area contributed by atoms with E-state index >= 15 is 0 Å². The Morgan fingerprint density at radius 2 is 1.77 bits per heavy atom. The fourth-order valence-electron chi connectivity index (χ4n) is 3.10. The Kier molecular flexibility index (Phi) is 6.62. The minimum Gasteiger partial charge on any atom is -0.497 e. The molecule has 3 aromatic rings. The Bertz CT molecular complexity index is 1180. The second kappa shape index (κ2) is 8.88. The number of anilines is 1. The minimum atomic E-state index is -3.73. The van der Waals surface area contributed by atoms with Gasteiger partial charge in [0, 0.05) is 17.8 Å². The van der Waals surface area contributed by atoms with Crippen LogP contribution in [0.1, 0.15) is 37.4 Å². The lowest BCUT2D eigenvalue weighted by molar-refractivity contribution is 0.0943. The first-order chi connectivity index (χ1) is 14.5. The standard InChI is InChI=1S/C23H28N2O4S2/c1-6-25(31(27,28)19-10-8-18(29-5)9-11-19)17-7-12-20-16(13-17)14-21(30-20)22(26)24-15-23(2,3)4/h7-14H,6,15H2,1-5H3,(H,24,26). The molecule has 0 atom stereocenters. The first kappa shape index (κ1) is 23.1. The molecule has 0 saturated carbocycles. The Morgan fingerprint density at radius 1 is 1.10 bits per heavy atom. The number of thiophene rings is 1. The number of methoxy groups -OCH3 is 1. The smallest absolute Gasteiger partial charge is 0.264 e. The van der Waals surface area contributed by atoms with Gasteiger partial charge in [0.25, 0.3) is 15.9 Å². The van der Waals surface area contributed by atoms with Gasteiger partial charge in [-0.1, -0.05) is 20.8 Å². The maximum Gasteiger partial charge on any atom is 0.264 e. The molecule has 6 nitrogen and oxygen atoms in total. The molecule has 3 rings (SSSR count). The van der Waals surface area contributed by atoms with Crippen molar-refractivity contribution >= 4 is 43.0 Å². The number of nitrogens with one attached hydrogen (secondary N) is 1. The summed E-state index contributed by atoms with van der Waals surface area (Å²) in [5, 5.41) is 3.80. The van der Waals surface area contributed by atoms with E-state index in [1.54, 1.807) is 25.1 Å². The van der Waals surface area contributed by atoms with Gasteiger partial charge in [0.15, 0.2) is 0 Å². The fraction of sp³-hybridized carbons (Fsp3) is 0.348. The van der Waals surface area contributed by atoms with E-state index in [2.05, 4.69) is 26.1 Å². The molecule has 0 fully saturated rings. The SMILES string of the molecule is CCN(c1ccc2sc(C(=O)NCC(C)(C)C)cc2c1)S(=O)(=O)c1ccc(OC)cc1. The van der Waals surface area contributed by atoms with Crippen LogP contribution in [-0.2, 0) is 10.0 Å². The van der Waals surface area contributed by atoms with Crippen molar-refractivity contribution in [2.45, 2.75) is 32.6 Å². The average Bonchev–Trinajstić information content (AvgIpc) is 3.15. The fourth-order valence-corrected chi connectivity index (χ4v) is 5.52. The number of amides is 1. The molecular formula is C23H28N2O4S2. The monoisotopic (exact) mass is 460 g/mol. The minimum absolute atomic E-state index is 0.00302. The van der Waals surface area contributed by atoms with Crippen molar-refractivity contribution in [1.82, 2.24) is 5.32 Å². The van der Waals surface area contributed by atoms with Gasteiger partial charge in [0.05, 0.1) is 22.6 Å². The molecule has 2 aromatic carbocycles.